The zero-order valence-electron chi connectivity index (χ0n) is 10.3. The third kappa shape index (κ3) is 2.46. The SMILES string of the molecule is CCOC(=O)c1c(OC)nc2cc(Br)ccn2c1=O. The highest BCUT2D eigenvalue weighted by Gasteiger charge is 2.21. The van der Waals surface area contributed by atoms with Crippen LogP contribution in [-0.2, 0) is 4.74 Å². The molecule has 2 aromatic rings. The van der Waals surface area contributed by atoms with Crippen LogP contribution < -0.4 is 10.3 Å². The van der Waals surface area contributed by atoms with Crippen LogP contribution in [0.1, 0.15) is 17.3 Å². The highest BCUT2D eigenvalue weighted by molar-refractivity contribution is 9.10. The van der Waals surface area contributed by atoms with E-state index in [-0.39, 0.29) is 18.1 Å². The molecule has 2 rings (SSSR count). The summed E-state index contributed by atoms with van der Waals surface area (Å²) in [6.07, 6.45) is 1.52. The predicted molar refractivity (Wildman–Crippen MR) is 71.7 cm³/mol. The van der Waals surface area contributed by atoms with Crippen LogP contribution in [0, 0.1) is 0 Å². The maximum absolute atomic E-state index is 12.3. The molecule has 0 fully saturated rings. The summed E-state index contributed by atoms with van der Waals surface area (Å²) in [5.41, 5.74) is -0.346. The van der Waals surface area contributed by atoms with E-state index in [4.69, 9.17) is 9.47 Å². The molecule has 0 aliphatic carbocycles. The monoisotopic (exact) mass is 326 g/mol. The summed E-state index contributed by atoms with van der Waals surface area (Å²) in [5.74, 6) is -0.782. The Morgan fingerprint density at radius 3 is 2.89 bits per heavy atom. The highest BCUT2D eigenvalue weighted by Crippen LogP contribution is 2.16. The van der Waals surface area contributed by atoms with E-state index in [1.54, 1.807) is 19.1 Å². The Balaban J connectivity index is 2.76. The lowest BCUT2D eigenvalue weighted by Gasteiger charge is -2.08. The van der Waals surface area contributed by atoms with Crippen molar-refractivity contribution in [3.63, 3.8) is 0 Å². The number of ether oxygens (including phenoxy) is 2. The normalized spacial score (nSPS) is 10.5. The molecule has 0 radical (unpaired) electrons. The Hall–Kier alpha value is -1.89. The van der Waals surface area contributed by atoms with E-state index >= 15 is 0 Å². The van der Waals surface area contributed by atoms with E-state index in [0.717, 1.165) is 4.47 Å². The molecular formula is C12H11BrN2O4. The van der Waals surface area contributed by atoms with Crippen molar-refractivity contribution in [2.45, 2.75) is 6.92 Å². The number of carbonyl (C=O) groups excluding carboxylic acids is 1. The van der Waals surface area contributed by atoms with E-state index in [0.29, 0.717) is 5.65 Å². The maximum atomic E-state index is 12.3. The van der Waals surface area contributed by atoms with Crippen molar-refractivity contribution in [3.05, 3.63) is 38.7 Å². The van der Waals surface area contributed by atoms with Crippen LogP contribution in [0.3, 0.4) is 0 Å². The van der Waals surface area contributed by atoms with Crippen LogP contribution >= 0.6 is 15.9 Å². The molecule has 0 aliphatic rings. The molecule has 0 spiro atoms. The van der Waals surface area contributed by atoms with Crippen molar-refractivity contribution in [2.75, 3.05) is 13.7 Å². The number of halogens is 1. The minimum atomic E-state index is -0.742. The first-order valence-electron chi connectivity index (χ1n) is 5.51. The number of carbonyl (C=O) groups is 1. The third-order valence-corrected chi connectivity index (χ3v) is 2.93. The van der Waals surface area contributed by atoms with Gasteiger partial charge < -0.3 is 9.47 Å². The molecule has 2 aromatic heterocycles. The van der Waals surface area contributed by atoms with E-state index < -0.39 is 11.5 Å². The van der Waals surface area contributed by atoms with Crippen LogP contribution in [0.5, 0.6) is 5.88 Å². The lowest BCUT2D eigenvalue weighted by atomic mass is 10.3. The summed E-state index contributed by atoms with van der Waals surface area (Å²) in [4.78, 5) is 28.2. The number of pyridine rings is 1. The van der Waals surface area contributed by atoms with Crippen molar-refractivity contribution in [1.29, 1.82) is 0 Å². The number of hydrogen-bond donors (Lipinski definition) is 0. The molecule has 7 heteroatoms. The first-order valence-corrected chi connectivity index (χ1v) is 6.30. The van der Waals surface area contributed by atoms with Gasteiger partial charge in [0.25, 0.3) is 5.56 Å². The third-order valence-electron chi connectivity index (χ3n) is 2.43. The lowest BCUT2D eigenvalue weighted by Crippen LogP contribution is -2.25. The average Bonchev–Trinajstić information content (AvgIpc) is 2.38. The summed E-state index contributed by atoms with van der Waals surface area (Å²) >= 11 is 3.29. The van der Waals surface area contributed by atoms with Crippen molar-refractivity contribution in [1.82, 2.24) is 9.38 Å². The summed E-state index contributed by atoms with van der Waals surface area (Å²) in [6, 6.07) is 3.33. The van der Waals surface area contributed by atoms with E-state index in [1.165, 1.54) is 17.7 Å². The van der Waals surface area contributed by atoms with Gasteiger partial charge in [-0.2, -0.15) is 4.98 Å². The Morgan fingerprint density at radius 1 is 1.53 bits per heavy atom. The lowest BCUT2D eigenvalue weighted by molar-refractivity contribution is 0.0519. The van der Waals surface area contributed by atoms with Gasteiger partial charge in [-0.15, -0.1) is 0 Å². The standard InChI is InChI=1S/C12H11BrN2O4/c1-3-19-12(17)9-10(18-2)14-8-6-7(13)4-5-15(8)11(9)16/h4-6H,3H2,1-2H3. The average molecular weight is 327 g/mol. The van der Waals surface area contributed by atoms with Gasteiger partial charge in [-0.25, -0.2) is 4.79 Å². The largest absolute Gasteiger partial charge is 0.480 e. The molecule has 0 aromatic carbocycles. The molecule has 0 aliphatic heterocycles. The molecular weight excluding hydrogens is 316 g/mol. The summed E-state index contributed by atoms with van der Waals surface area (Å²) in [7, 11) is 1.35. The maximum Gasteiger partial charge on any atom is 0.349 e. The number of methoxy groups -OCH3 is 1. The number of fused-ring (bicyclic) bond motifs is 1. The Morgan fingerprint density at radius 2 is 2.26 bits per heavy atom. The first kappa shape index (κ1) is 13.5. The number of rotatable bonds is 3. The second-order valence-electron chi connectivity index (χ2n) is 3.59. The van der Waals surface area contributed by atoms with Gasteiger partial charge in [0, 0.05) is 10.7 Å². The van der Waals surface area contributed by atoms with Crippen LogP contribution in [-0.4, -0.2) is 29.1 Å². The second kappa shape index (κ2) is 5.40. The van der Waals surface area contributed by atoms with Gasteiger partial charge in [0.1, 0.15) is 5.65 Å². The van der Waals surface area contributed by atoms with E-state index in [1.807, 2.05) is 0 Å². The minimum absolute atomic E-state index is 0.0402. The highest BCUT2D eigenvalue weighted by atomic mass is 79.9. The molecule has 0 saturated carbocycles. The fourth-order valence-electron chi connectivity index (χ4n) is 1.62. The van der Waals surface area contributed by atoms with Crippen LogP contribution in [0.4, 0.5) is 0 Å². The van der Waals surface area contributed by atoms with Crippen molar-refractivity contribution >= 4 is 27.5 Å². The van der Waals surface area contributed by atoms with Gasteiger partial charge >= 0.3 is 5.97 Å². The van der Waals surface area contributed by atoms with Crippen LogP contribution in [0.15, 0.2) is 27.6 Å². The zero-order chi connectivity index (χ0) is 14.0. The van der Waals surface area contributed by atoms with Gasteiger partial charge in [0.05, 0.1) is 13.7 Å². The summed E-state index contributed by atoms with van der Waals surface area (Å²) in [5, 5.41) is 0. The van der Waals surface area contributed by atoms with E-state index in [9.17, 15) is 9.59 Å². The fourth-order valence-corrected chi connectivity index (χ4v) is 1.94. The molecule has 0 unspecified atom stereocenters. The predicted octanol–water partition coefficient (Wildman–Crippen LogP) is 1.64. The van der Waals surface area contributed by atoms with Gasteiger partial charge in [-0.1, -0.05) is 15.9 Å². The topological polar surface area (TPSA) is 69.9 Å². The molecule has 0 saturated heterocycles. The van der Waals surface area contributed by atoms with Crippen molar-refractivity contribution < 1.29 is 14.3 Å². The molecule has 19 heavy (non-hydrogen) atoms. The van der Waals surface area contributed by atoms with Crippen LogP contribution in [0.25, 0.3) is 5.65 Å². The Bertz CT molecular complexity index is 696. The number of aromatic nitrogens is 2. The quantitative estimate of drug-likeness (QED) is 0.802. The molecule has 0 amide bonds. The zero-order valence-corrected chi connectivity index (χ0v) is 11.9. The van der Waals surface area contributed by atoms with Gasteiger partial charge in [0.2, 0.25) is 5.88 Å². The number of nitrogens with zero attached hydrogens (tertiary/aromatic N) is 2. The van der Waals surface area contributed by atoms with Crippen LogP contribution in [0.2, 0.25) is 0 Å². The van der Waals surface area contributed by atoms with Crippen molar-refractivity contribution in [3.8, 4) is 5.88 Å². The summed E-state index contributed by atoms with van der Waals surface area (Å²) < 4.78 is 11.9. The minimum Gasteiger partial charge on any atom is -0.480 e. The molecule has 6 nitrogen and oxygen atoms in total. The molecule has 2 heterocycles. The molecule has 0 atom stereocenters. The van der Waals surface area contributed by atoms with Gasteiger partial charge in [0.15, 0.2) is 5.56 Å². The Kier molecular flexibility index (Phi) is 3.84. The smallest absolute Gasteiger partial charge is 0.349 e. The first-order chi connectivity index (χ1) is 9.08. The summed E-state index contributed by atoms with van der Waals surface area (Å²) in [6.45, 7) is 1.83. The molecule has 100 valence electrons. The van der Waals surface area contributed by atoms with Crippen molar-refractivity contribution in [2.24, 2.45) is 0 Å². The number of hydrogen-bond acceptors (Lipinski definition) is 5. The van der Waals surface area contributed by atoms with E-state index in [2.05, 4.69) is 20.9 Å². The molecule has 0 bridgehead atoms. The Labute approximate surface area is 117 Å². The fraction of sp³-hybridized carbons (Fsp3) is 0.250. The van der Waals surface area contributed by atoms with Gasteiger partial charge in [-0.3, -0.25) is 9.20 Å². The molecule has 0 N–H and O–H groups in total. The van der Waals surface area contributed by atoms with Gasteiger partial charge in [-0.05, 0) is 19.1 Å². The second-order valence-corrected chi connectivity index (χ2v) is 4.51. The number of esters is 1.